The van der Waals surface area contributed by atoms with E-state index in [4.69, 9.17) is 19.2 Å². The molecule has 1 aliphatic rings. The summed E-state index contributed by atoms with van der Waals surface area (Å²) in [6.45, 7) is 3.37. The smallest absolute Gasteiger partial charge is 0.232 e. The van der Waals surface area contributed by atoms with Gasteiger partial charge in [0.05, 0.1) is 47.3 Å². The summed E-state index contributed by atoms with van der Waals surface area (Å²) in [7, 11) is 1.64. The molecule has 146 valence electrons. The third-order valence-electron chi connectivity index (χ3n) is 4.46. The number of carbonyl (C=O) groups excluding carboxylic acids is 1. The van der Waals surface area contributed by atoms with E-state index in [0.717, 1.165) is 21.5 Å². The second-order valence-electron chi connectivity index (χ2n) is 6.71. The zero-order chi connectivity index (χ0) is 19.5. The van der Waals surface area contributed by atoms with Gasteiger partial charge in [0.2, 0.25) is 5.91 Å². The lowest BCUT2D eigenvalue weighted by molar-refractivity contribution is -0.133. The Labute approximate surface area is 166 Å². The quantitative estimate of drug-likeness (QED) is 0.656. The molecule has 2 aromatic heterocycles. The number of pyridine rings is 1. The molecule has 3 heterocycles. The lowest BCUT2D eigenvalue weighted by Gasteiger charge is -2.24. The maximum absolute atomic E-state index is 12.2. The summed E-state index contributed by atoms with van der Waals surface area (Å²) in [4.78, 5) is 22.1. The van der Waals surface area contributed by atoms with Gasteiger partial charge >= 0.3 is 0 Å². The van der Waals surface area contributed by atoms with Crippen LogP contribution in [-0.2, 0) is 14.3 Å². The number of hydrogen-bond acceptors (Lipinski definition) is 7. The van der Waals surface area contributed by atoms with Crippen molar-refractivity contribution in [2.75, 3.05) is 32.2 Å². The number of ether oxygens (including phenoxy) is 3. The number of rotatable bonds is 7. The molecule has 1 atom stereocenters. The van der Waals surface area contributed by atoms with E-state index < -0.39 is 0 Å². The van der Waals surface area contributed by atoms with E-state index in [-0.39, 0.29) is 17.9 Å². The van der Waals surface area contributed by atoms with Gasteiger partial charge in [-0.2, -0.15) is 0 Å². The molecule has 1 N–H and O–H groups in total. The van der Waals surface area contributed by atoms with Gasteiger partial charge in [-0.05, 0) is 25.1 Å². The molecule has 0 aliphatic carbocycles. The number of carbonyl (C=O) groups is 1. The standard InChI is InChI=1S/C20H21N3O4S/c1-12(8-25-2)27-18-6-17(19-7-21-11-28-19)23-16-4-3-14(5-15(16)18)22-20(24)13-9-26-10-13/h3-7,11-13H,8-10H2,1-2H3,(H,22,24)/t12-/m1/s1. The summed E-state index contributed by atoms with van der Waals surface area (Å²) >= 11 is 1.52. The molecule has 0 unspecified atom stereocenters. The average molecular weight is 399 g/mol. The van der Waals surface area contributed by atoms with Gasteiger partial charge in [-0.3, -0.25) is 9.78 Å². The van der Waals surface area contributed by atoms with Crippen LogP contribution in [0.5, 0.6) is 5.75 Å². The van der Waals surface area contributed by atoms with Gasteiger partial charge in [0, 0.05) is 30.4 Å². The molecular weight excluding hydrogens is 378 g/mol. The fourth-order valence-electron chi connectivity index (χ4n) is 2.96. The van der Waals surface area contributed by atoms with Crippen LogP contribution in [0.3, 0.4) is 0 Å². The van der Waals surface area contributed by atoms with Crippen LogP contribution in [0.2, 0.25) is 0 Å². The van der Waals surface area contributed by atoms with Crippen LogP contribution in [0.15, 0.2) is 36.0 Å². The number of nitrogens with zero attached hydrogens (tertiary/aromatic N) is 2. The highest BCUT2D eigenvalue weighted by molar-refractivity contribution is 7.13. The Hall–Kier alpha value is -2.55. The van der Waals surface area contributed by atoms with Crippen LogP contribution in [0.4, 0.5) is 5.69 Å². The number of amides is 1. The molecule has 1 fully saturated rings. The Kier molecular flexibility index (Phi) is 5.52. The van der Waals surface area contributed by atoms with Crippen molar-refractivity contribution >= 4 is 33.8 Å². The van der Waals surface area contributed by atoms with E-state index in [1.165, 1.54) is 11.3 Å². The average Bonchev–Trinajstić information content (AvgIpc) is 3.15. The number of benzene rings is 1. The van der Waals surface area contributed by atoms with Crippen molar-refractivity contribution in [1.29, 1.82) is 0 Å². The van der Waals surface area contributed by atoms with E-state index >= 15 is 0 Å². The van der Waals surface area contributed by atoms with E-state index in [1.54, 1.807) is 18.8 Å². The van der Waals surface area contributed by atoms with Crippen LogP contribution in [0.25, 0.3) is 21.5 Å². The fourth-order valence-corrected chi connectivity index (χ4v) is 3.54. The van der Waals surface area contributed by atoms with Crippen molar-refractivity contribution in [2.45, 2.75) is 13.0 Å². The topological polar surface area (TPSA) is 82.6 Å². The third kappa shape index (κ3) is 3.99. The molecule has 0 saturated carbocycles. The minimum Gasteiger partial charge on any atom is -0.488 e. The molecular formula is C20H21N3O4S. The summed E-state index contributed by atoms with van der Waals surface area (Å²) < 4.78 is 16.4. The number of hydrogen-bond donors (Lipinski definition) is 1. The van der Waals surface area contributed by atoms with Crippen LogP contribution >= 0.6 is 11.3 Å². The minimum absolute atomic E-state index is 0.0324. The minimum atomic E-state index is -0.129. The van der Waals surface area contributed by atoms with Gasteiger partial charge in [0.1, 0.15) is 11.9 Å². The molecule has 0 radical (unpaired) electrons. The molecule has 0 bridgehead atoms. The highest BCUT2D eigenvalue weighted by Gasteiger charge is 2.26. The van der Waals surface area contributed by atoms with Crippen molar-refractivity contribution in [3.05, 3.63) is 36.0 Å². The largest absolute Gasteiger partial charge is 0.488 e. The lowest BCUT2D eigenvalue weighted by atomic mass is 10.1. The van der Waals surface area contributed by atoms with Crippen molar-refractivity contribution in [3.8, 4) is 16.3 Å². The van der Waals surface area contributed by atoms with Crippen molar-refractivity contribution in [3.63, 3.8) is 0 Å². The Morgan fingerprint density at radius 2 is 2.25 bits per heavy atom. The van der Waals surface area contributed by atoms with Crippen molar-refractivity contribution in [2.24, 2.45) is 5.92 Å². The Morgan fingerprint density at radius 1 is 1.39 bits per heavy atom. The first-order valence-electron chi connectivity index (χ1n) is 9.02. The highest BCUT2D eigenvalue weighted by Crippen LogP contribution is 2.33. The lowest BCUT2D eigenvalue weighted by Crippen LogP contribution is -2.38. The summed E-state index contributed by atoms with van der Waals surface area (Å²) in [5.41, 5.74) is 4.08. The zero-order valence-electron chi connectivity index (χ0n) is 15.7. The molecule has 3 aromatic rings. The number of methoxy groups -OCH3 is 1. The SMILES string of the molecule is COC[C@@H](C)Oc1cc(-c2cncs2)nc2ccc(NC(=O)C3COC3)cc12. The number of thiazole rings is 1. The molecule has 28 heavy (non-hydrogen) atoms. The summed E-state index contributed by atoms with van der Waals surface area (Å²) in [6.07, 6.45) is 1.66. The zero-order valence-corrected chi connectivity index (χ0v) is 16.5. The molecule has 1 aliphatic heterocycles. The number of nitrogens with one attached hydrogen (secondary N) is 1. The number of anilines is 1. The predicted octanol–water partition coefficient (Wildman–Crippen LogP) is 3.36. The maximum atomic E-state index is 12.2. The number of fused-ring (bicyclic) bond motifs is 1. The van der Waals surface area contributed by atoms with E-state index in [9.17, 15) is 4.79 Å². The summed E-state index contributed by atoms with van der Waals surface area (Å²) in [6, 6.07) is 7.55. The number of aromatic nitrogens is 2. The van der Waals surface area contributed by atoms with Crippen LogP contribution < -0.4 is 10.1 Å². The molecule has 1 saturated heterocycles. The van der Waals surface area contributed by atoms with Crippen LogP contribution in [0.1, 0.15) is 6.92 Å². The van der Waals surface area contributed by atoms with Gasteiger partial charge in [0.15, 0.2) is 0 Å². The third-order valence-corrected chi connectivity index (χ3v) is 5.26. The van der Waals surface area contributed by atoms with Gasteiger partial charge in [-0.15, -0.1) is 11.3 Å². The van der Waals surface area contributed by atoms with Gasteiger partial charge in [0.25, 0.3) is 0 Å². The monoisotopic (exact) mass is 399 g/mol. The first kappa shape index (κ1) is 18.8. The second-order valence-corrected chi connectivity index (χ2v) is 7.60. The molecule has 8 heteroatoms. The predicted molar refractivity (Wildman–Crippen MR) is 108 cm³/mol. The Balaban J connectivity index is 1.70. The van der Waals surface area contributed by atoms with Gasteiger partial charge in [-0.1, -0.05) is 0 Å². The summed E-state index contributed by atoms with van der Waals surface area (Å²) in [5.74, 6) is 0.580. The van der Waals surface area contributed by atoms with E-state index in [1.807, 2.05) is 31.2 Å². The normalized spacial score (nSPS) is 15.2. The molecule has 7 nitrogen and oxygen atoms in total. The van der Waals surface area contributed by atoms with E-state index in [2.05, 4.69) is 10.3 Å². The molecule has 1 amide bonds. The molecule has 1 aromatic carbocycles. The fraction of sp³-hybridized carbons (Fsp3) is 0.350. The van der Waals surface area contributed by atoms with Gasteiger partial charge in [-0.25, -0.2) is 4.98 Å². The van der Waals surface area contributed by atoms with Crippen molar-refractivity contribution < 1.29 is 19.0 Å². The summed E-state index contributed by atoms with van der Waals surface area (Å²) in [5, 5.41) is 3.78. The first-order chi connectivity index (χ1) is 13.6. The molecule has 0 spiro atoms. The first-order valence-corrected chi connectivity index (χ1v) is 9.90. The second kappa shape index (κ2) is 8.22. The Bertz CT molecular complexity index is 973. The highest BCUT2D eigenvalue weighted by atomic mass is 32.1. The van der Waals surface area contributed by atoms with Crippen LogP contribution in [-0.4, -0.2) is 48.9 Å². The molecule has 4 rings (SSSR count). The van der Waals surface area contributed by atoms with E-state index in [0.29, 0.717) is 31.3 Å². The van der Waals surface area contributed by atoms with Crippen molar-refractivity contribution in [1.82, 2.24) is 9.97 Å². The van der Waals surface area contributed by atoms with Crippen LogP contribution in [0, 0.1) is 5.92 Å². The van der Waals surface area contributed by atoms with Gasteiger partial charge < -0.3 is 19.5 Å². The maximum Gasteiger partial charge on any atom is 0.232 e. The Morgan fingerprint density at radius 3 is 2.93 bits per heavy atom.